The van der Waals surface area contributed by atoms with E-state index in [0.717, 1.165) is 36.6 Å². The molecular weight excluding hydrogens is 230 g/mol. The van der Waals surface area contributed by atoms with Gasteiger partial charge in [-0.25, -0.2) is 4.98 Å². The molecule has 2 aromatic rings. The Morgan fingerprint density at radius 2 is 2.35 bits per heavy atom. The molecule has 0 unspecified atom stereocenters. The molecule has 0 saturated carbocycles. The maximum Gasteiger partial charge on any atom is 0.130 e. The number of hydrogen-bond acceptors (Lipinski definition) is 4. The number of fused-ring (bicyclic) bond motifs is 1. The Morgan fingerprint density at radius 3 is 3.18 bits per heavy atom. The highest BCUT2D eigenvalue weighted by Gasteiger charge is 2.18. The molecule has 0 amide bonds. The van der Waals surface area contributed by atoms with Crippen LogP contribution in [-0.2, 0) is 13.0 Å². The van der Waals surface area contributed by atoms with Gasteiger partial charge in [-0.15, -0.1) is 11.3 Å². The van der Waals surface area contributed by atoms with E-state index in [1.807, 2.05) is 30.5 Å². The van der Waals surface area contributed by atoms with Crippen molar-refractivity contribution >= 4 is 22.8 Å². The highest BCUT2D eigenvalue weighted by Crippen LogP contribution is 2.27. The van der Waals surface area contributed by atoms with Crippen LogP contribution in [0.3, 0.4) is 0 Å². The third-order valence-electron chi connectivity index (χ3n) is 3.26. The van der Waals surface area contributed by atoms with Gasteiger partial charge >= 0.3 is 0 Å². The Hall–Kier alpha value is -1.55. The van der Waals surface area contributed by atoms with Crippen molar-refractivity contribution < 1.29 is 0 Å². The SMILES string of the molecule is Cc1cnc(N2CCc3sccc3C2)cc1N. The normalized spacial score (nSPS) is 14.8. The number of thiophene rings is 1. The largest absolute Gasteiger partial charge is 0.398 e. The highest BCUT2D eigenvalue weighted by molar-refractivity contribution is 7.10. The first-order valence-electron chi connectivity index (χ1n) is 5.76. The Balaban J connectivity index is 1.89. The smallest absolute Gasteiger partial charge is 0.130 e. The van der Waals surface area contributed by atoms with E-state index in [2.05, 4.69) is 21.3 Å². The minimum Gasteiger partial charge on any atom is -0.398 e. The van der Waals surface area contributed by atoms with Crippen molar-refractivity contribution in [2.75, 3.05) is 17.2 Å². The molecular formula is C13H15N3S. The topological polar surface area (TPSA) is 42.2 Å². The van der Waals surface area contributed by atoms with Gasteiger partial charge in [-0.1, -0.05) is 0 Å². The minimum atomic E-state index is 0.825. The van der Waals surface area contributed by atoms with Crippen molar-refractivity contribution in [3.8, 4) is 0 Å². The first-order chi connectivity index (χ1) is 8.24. The van der Waals surface area contributed by atoms with Crippen LogP contribution in [-0.4, -0.2) is 11.5 Å². The lowest BCUT2D eigenvalue weighted by Crippen LogP contribution is -2.30. The molecule has 3 heterocycles. The lowest BCUT2D eigenvalue weighted by atomic mass is 10.1. The van der Waals surface area contributed by atoms with Gasteiger partial charge in [0.15, 0.2) is 0 Å². The molecule has 0 aromatic carbocycles. The molecule has 1 aliphatic heterocycles. The quantitative estimate of drug-likeness (QED) is 0.839. The molecule has 0 aliphatic carbocycles. The van der Waals surface area contributed by atoms with Crippen LogP contribution in [0, 0.1) is 6.92 Å². The van der Waals surface area contributed by atoms with Crippen LogP contribution in [0.1, 0.15) is 16.0 Å². The molecule has 0 radical (unpaired) electrons. The molecule has 0 bridgehead atoms. The standard InChI is InChI=1S/C13H15N3S/c1-9-7-15-13(6-11(9)14)16-4-2-12-10(8-16)3-5-17-12/h3,5-7H,2,4,8H2,1H3,(H2,14,15). The molecule has 0 saturated heterocycles. The molecule has 2 N–H and O–H groups in total. The average molecular weight is 245 g/mol. The van der Waals surface area contributed by atoms with Crippen molar-refractivity contribution in [1.29, 1.82) is 0 Å². The number of hydrogen-bond donors (Lipinski definition) is 1. The molecule has 0 atom stereocenters. The van der Waals surface area contributed by atoms with Crippen LogP contribution in [0.2, 0.25) is 0 Å². The predicted octanol–water partition coefficient (Wildman–Crippen LogP) is 2.60. The van der Waals surface area contributed by atoms with Crippen LogP contribution in [0.25, 0.3) is 0 Å². The molecule has 3 rings (SSSR count). The second kappa shape index (κ2) is 4.04. The summed E-state index contributed by atoms with van der Waals surface area (Å²) in [7, 11) is 0. The van der Waals surface area contributed by atoms with Gasteiger partial charge in [0.1, 0.15) is 5.82 Å². The molecule has 0 spiro atoms. The number of pyridine rings is 1. The predicted molar refractivity (Wildman–Crippen MR) is 72.5 cm³/mol. The van der Waals surface area contributed by atoms with Crippen LogP contribution in [0.4, 0.5) is 11.5 Å². The van der Waals surface area contributed by atoms with Gasteiger partial charge < -0.3 is 10.6 Å². The summed E-state index contributed by atoms with van der Waals surface area (Å²) in [6, 6.07) is 4.19. The molecule has 2 aromatic heterocycles. The Labute approximate surface area is 105 Å². The van der Waals surface area contributed by atoms with E-state index < -0.39 is 0 Å². The van der Waals surface area contributed by atoms with Crippen LogP contribution < -0.4 is 10.6 Å². The van der Waals surface area contributed by atoms with Crippen molar-refractivity contribution in [3.05, 3.63) is 39.7 Å². The summed E-state index contributed by atoms with van der Waals surface area (Å²) in [4.78, 5) is 8.28. The number of nitrogen functional groups attached to an aromatic ring is 1. The number of nitrogens with two attached hydrogens (primary N) is 1. The molecule has 4 heteroatoms. The van der Waals surface area contributed by atoms with E-state index in [1.54, 1.807) is 0 Å². The lowest BCUT2D eigenvalue weighted by molar-refractivity contribution is 0.732. The Bertz CT molecular complexity index is 547. The zero-order valence-corrected chi connectivity index (χ0v) is 10.6. The second-order valence-corrected chi connectivity index (χ2v) is 5.44. The van der Waals surface area contributed by atoms with Crippen molar-refractivity contribution in [2.45, 2.75) is 19.9 Å². The van der Waals surface area contributed by atoms with Gasteiger partial charge in [-0.05, 0) is 35.9 Å². The van der Waals surface area contributed by atoms with E-state index in [-0.39, 0.29) is 0 Å². The van der Waals surface area contributed by atoms with Gasteiger partial charge in [0.2, 0.25) is 0 Å². The van der Waals surface area contributed by atoms with Crippen molar-refractivity contribution in [2.24, 2.45) is 0 Å². The third kappa shape index (κ3) is 1.89. The summed E-state index contributed by atoms with van der Waals surface area (Å²) in [5, 5.41) is 2.17. The van der Waals surface area contributed by atoms with Crippen molar-refractivity contribution in [3.63, 3.8) is 0 Å². The zero-order chi connectivity index (χ0) is 11.8. The third-order valence-corrected chi connectivity index (χ3v) is 4.29. The van der Waals surface area contributed by atoms with Gasteiger partial charge in [0, 0.05) is 35.9 Å². The Morgan fingerprint density at radius 1 is 1.47 bits per heavy atom. The van der Waals surface area contributed by atoms with Gasteiger partial charge in [0.25, 0.3) is 0 Å². The van der Waals surface area contributed by atoms with E-state index in [1.165, 1.54) is 10.4 Å². The fourth-order valence-electron chi connectivity index (χ4n) is 2.14. The first kappa shape index (κ1) is 10.6. The van der Waals surface area contributed by atoms with Gasteiger partial charge in [-0.2, -0.15) is 0 Å². The fourth-order valence-corrected chi connectivity index (χ4v) is 3.03. The van der Waals surface area contributed by atoms with Crippen LogP contribution in [0.15, 0.2) is 23.7 Å². The minimum absolute atomic E-state index is 0.825. The second-order valence-electron chi connectivity index (χ2n) is 4.44. The number of nitrogens with zero attached hydrogens (tertiary/aromatic N) is 2. The number of rotatable bonds is 1. The summed E-state index contributed by atoms with van der Waals surface area (Å²) < 4.78 is 0. The number of anilines is 2. The summed E-state index contributed by atoms with van der Waals surface area (Å²) in [5.41, 5.74) is 9.24. The van der Waals surface area contributed by atoms with Gasteiger partial charge in [-0.3, -0.25) is 0 Å². The Kier molecular flexibility index (Phi) is 2.52. The summed E-state index contributed by atoms with van der Waals surface area (Å²) >= 11 is 1.86. The maximum atomic E-state index is 5.94. The summed E-state index contributed by atoms with van der Waals surface area (Å²) in [5.74, 6) is 0.991. The van der Waals surface area contributed by atoms with E-state index in [4.69, 9.17) is 5.73 Å². The fraction of sp³-hybridized carbons (Fsp3) is 0.308. The number of aryl methyl sites for hydroxylation is 1. The van der Waals surface area contributed by atoms with Crippen LogP contribution in [0.5, 0.6) is 0 Å². The summed E-state index contributed by atoms with van der Waals surface area (Å²) in [6.07, 6.45) is 2.97. The zero-order valence-electron chi connectivity index (χ0n) is 9.81. The van der Waals surface area contributed by atoms with E-state index >= 15 is 0 Å². The first-order valence-corrected chi connectivity index (χ1v) is 6.64. The average Bonchev–Trinajstić information content (AvgIpc) is 2.79. The van der Waals surface area contributed by atoms with E-state index in [9.17, 15) is 0 Å². The van der Waals surface area contributed by atoms with Crippen LogP contribution >= 0.6 is 11.3 Å². The molecule has 17 heavy (non-hydrogen) atoms. The molecule has 88 valence electrons. The monoisotopic (exact) mass is 245 g/mol. The molecule has 1 aliphatic rings. The van der Waals surface area contributed by atoms with Crippen molar-refractivity contribution in [1.82, 2.24) is 4.98 Å². The van der Waals surface area contributed by atoms with E-state index in [0.29, 0.717) is 0 Å². The lowest BCUT2D eigenvalue weighted by Gasteiger charge is -2.28. The highest BCUT2D eigenvalue weighted by atomic mass is 32.1. The maximum absolute atomic E-state index is 5.94. The summed E-state index contributed by atoms with van der Waals surface area (Å²) in [6.45, 7) is 3.97. The van der Waals surface area contributed by atoms with Gasteiger partial charge in [0.05, 0.1) is 0 Å². The molecule has 0 fully saturated rings. The number of aromatic nitrogens is 1. The molecule has 3 nitrogen and oxygen atoms in total.